The van der Waals surface area contributed by atoms with Gasteiger partial charge in [-0.15, -0.1) is 0 Å². The van der Waals surface area contributed by atoms with Crippen molar-refractivity contribution in [1.82, 2.24) is 14.9 Å². The predicted octanol–water partition coefficient (Wildman–Crippen LogP) is 2.87. The quantitative estimate of drug-likeness (QED) is 0.464. The molecule has 0 fully saturated rings. The number of nitrogens with zero attached hydrogens (tertiary/aromatic N) is 2. The summed E-state index contributed by atoms with van der Waals surface area (Å²) in [6.07, 6.45) is 5.46. The summed E-state index contributed by atoms with van der Waals surface area (Å²) in [5, 5.41) is 5.72. The van der Waals surface area contributed by atoms with Crippen molar-refractivity contribution < 1.29 is 19.1 Å². The number of nitrogens with one attached hydrogen (secondary N) is 2. The van der Waals surface area contributed by atoms with Gasteiger partial charge in [-0.3, -0.25) is 9.59 Å². The minimum atomic E-state index is -0.222. The zero-order chi connectivity index (χ0) is 21.9. The first-order chi connectivity index (χ1) is 15.1. The summed E-state index contributed by atoms with van der Waals surface area (Å²) < 4.78 is 12.4. The molecule has 0 saturated heterocycles. The van der Waals surface area contributed by atoms with Gasteiger partial charge in [0.05, 0.1) is 12.9 Å². The van der Waals surface area contributed by atoms with Crippen molar-refractivity contribution in [3.63, 3.8) is 0 Å². The van der Waals surface area contributed by atoms with E-state index < -0.39 is 0 Å². The number of carbonyl (C=O) groups is 2. The van der Waals surface area contributed by atoms with Crippen LogP contribution in [0.1, 0.15) is 22.3 Å². The largest absolute Gasteiger partial charge is 0.491 e. The number of hydrogen-bond donors (Lipinski definition) is 2. The summed E-state index contributed by atoms with van der Waals surface area (Å²) >= 11 is 0. The van der Waals surface area contributed by atoms with Gasteiger partial charge in [0.15, 0.2) is 0 Å². The third-order valence-corrected chi connectivity index (χ3v) is 4.47. The van der Waals surface area contributed by atoms with Crippen molar-refractivity contribution in [1.29, 1.82) is 0 Å². The highest BCUT2D eigenvalue weighted by atomic mass is 16.5. The number of aromatic nitrogens is 2. The van der Waals surface area contributed by atoms with E-state index in [1.807, 2.05) is 28.8 Å². The molecule has 0 spiro atoms. The molecule has 1 aromatic heterocycles. The molecule has 8 nitrogen and oxygen atoms in total. The van der Waals surface area contributed by atoms with Gasteiger partial charge < -0.3 is 24.7 Å². The molecular formula is C23H26N4O4. The maximum Gasteiger partial charge on any atom is 0.251 e. The molecule has 0 aliphatic heterocycles. The highest BCUT2D eigenvalue weighted by molar-refractivity contribution is 5.97. The first kappa shape index (κ1) is 22.0. The number of carbonyl (C=O) groups excluding carboxylic acids is 2. The van der Waals surface area contributed by atoms with Gasteiger partial charge in [0.25, 0.3) is 5.91 Å². The van der Waals surface area contributed by atoms with E-state index in [0.29, 0.717) is 44.0 Å². The lowest BCUT2D eigenvalue weighted by Crippen LogP contribution is -2.23. The number of aryl methyl sites for hydroxylation is 1. The minimum absolute atomic E-state index is 0.128. The third kappa shape index (κ3) is 7.27. The molecule has 2 aromatic carbocycles. The van der Waals surface area contributed by atoms with E-state index in [2.05, 4.69) is 15.6 Å². The lowest BCUT2D eigenvalue weighted by atomic mass is 10.1. The van der Waals surface area contributed by atoms with Crippen molar-refractivity contribution in [2.24, 2.45) is 0 Å². The average Bonchev–Trinajstić information content (AvgIpc) is 3.30. The Morgan fingerprint density at radius 3 is 2.77 bits per heavy atom. The number of amides is 2. The molecule has 8 heteroatoms. The van der Waals surface area contributed by atoms with Crippen LogP contribution >= 0.6 is 0 Å². The Kier molecular flexibility index (Phi) is 8.19. The second-order valence-corrected chi connectivity index (χ2v) is 6.85. The molecular weight excluding hydrogens is 396 g/mol. The van der Waals surface area contributed by atoms with Gasteiger partial charge in [-0.05, 0) is 35.9 Å². The Bertz CT molecular complexity index is 989. The molecule has 2 N–H and O–H groups in total. The first-order valence-electron chi connectivity index (χ1n) is 9.98. The monoisotopic (exact) mass is 422 g/mol. The summed E-state index contributed by atoms with van der Waals surface area (Å²) in [5.41, 5.74) is 1.98. The summed E-state index contributed by atoms with van der Waals surface area (Å²) in [7, 11) is 1.62. The van der Waals surface area contributed by atoms with Crippen LogP contribution in [0.2, 0.25) is 0 Å². The number of hydrogen-bond acceptors (Lipinski definition) is 5. The minimum Gasteiger partial charge on any atom is -0.491 e. The Morgan fingerprint density at radius 2 is 1.97 bits per heavy atom. The van der Waals surface area contributed by atoms with Crippen LogP contribution in [0.5, 0.6) is 5.75 Å². The smallest absolute Gasteiger partial charge is 0.251 e. The molecule has 0 aliphatic carbocycles. The zero-order valence-corrected chi connectivity index (χ0v) is 17.4. The second-order valence-electron chi connectivity index (χ2n) is 6.85. The van der Waals surface area contributed by atoms with Crippen LogP contribution in [-0.2, 0) is 22.6 Å². The van der Waals surface area contributed by atoms with E-state index in [0.717, 1.165) is 11.3 Å². The van der Waals surface area contributed by atoms with Crippen LogP contribution in [0, 0.1) is 0 Å². The Balaban J connectivity index is 1.50. The van der Waals surface area contributed by atoms with Crippen molar-refractivity contribution in [3.8, 4) is 5.75 Å². The molecule has 0 atom stereocenters. The van der Waals surface area contributed by atoms with Crippen molar-refractivity contribution in [2.45, 2.75) is 19.5 Å². The topological polar surface area (TPSA) is 94.5 Å². The SMILES string of the molecule is COCCOc1cccc(CNC(=O)c2cccc(NC(=O)CCn3ccnc3)c2)c1. The number of imidazole rings is 1. The molecule has 3 aromatic rings. The first-order valence-corrected chi connectivity index (χ1v) is 9.98. The van der Waals surface area contributed by atoms with Gasteiger partial charge >= 0.3 is 0 Å². The standard InChI is InChI=1S/C23H26N4O4/c1-30-12-13-31-21-7-2-4-18(14-21)16-25-23(29)19-5-3-6-20(15-19)26-22(28)8-10-27-11-9-24-17-27/h2-7,9,11,14-15,17H,8,10,12-13,16H2,1H3,(H,25,29)(H,26,28). The van der Waals surface area contributed by atoms with Crippen LogP contribution in [-0.4, -0.2) is 41.7 Å². The fourth-order valence-electron chi connectivity index (χ4n) is 2.88. The summed E-state index contributed by atoms with van der Waals surface area (Å²) in [6, 6.07) is 14.4. The van der Waals surface area contributed by atoms with Crippen molar-refractivity contribution >= 4 is 17.5 Å². The molecule has 0 saturated carbocycles. The van der Waals surface area contributed by atoms with Crippen LogP contribution in [0.4, 0.5) is 5.69 Å². The molecule has 31 heavy (non-hydrogen) atoms. The highest BCUT2D eigenvalue weighted by Crippen LogP contribution is 2.14. The fraction of sp³-hybridized carbons (Fsp3) is 0.261. The van der Waals surface area contributed by atoms with Crippen molar-refractivity contribution in [3.05, 3.63) is 78.4 Å². The van der Waals surface area contributed by atoms with Crippen LogP contribution in [0.15, 0.2) is 67.3 Å². The van der Waals surface area contributed by atoms with Gasteiger partial charge in [0, 0.05) is 50.3 Å². The number of benzene rings is 2. The van der Waals surface area contributed by atoms with E-state index in [1.54, 1.807) is 50.1 Å². The summed E-state index contributed by atoms with van der Waals surface area (Å²) in [5.74, 6) is 0.376. The predicted molar refractivity (Wildman–Crippen MR) is 117 cm³/mol. The van der Waals surface area contributed by atoms with Gasteiger partial charge in [0.2, 0.25) is 5.91 Å². The lowest BCUT2D eigenvalue weighted by Gasteiger charge is -2.10. The molecule has 0 aliphatic rings. The zero-order valence-electron chi connectivity index (χ0n) is 17.4. The average molecular weight is 422 g/mol. The summed E-state index contributed by atoms with van der Waals surface area (Å²) in [6.45, 7) is 1.88. The molecule has 0 radical (unpaired) electrons. The Morgan fingerprint density at radius 1 is 1.10 bits per heavy atom. The number of methoxy groups -OCH3 is 1. The van der Waals surface area contributed by atoms with Gasteiger partial charge in [-0.1, -0.05) is 18.2 Å². The summed E-state index contributed by atoms with van der Waals surface area (Å²) in [4.78, 5) is 28.7. The Hall–Kier alpha value is -3.65. The fourth-order valence-corrected chi connectivity index (χ4v) is 2.88. The van der Waals surface area contributed by atoms with Gasteiger partial charge in [-0.2, -0.15) is 0 Å². The van der Waals surface area contributed by atoms with E-state index in [4.69, 9.17) is 9.47 Å². The molecule has 2 amide bonds. The van der Waals surface area contributed by atoms with E-state index in [9.17, 15) is 9.59 Å². The second kappa shape index (κ2) is 11.5. The number of anilines is 1. The van der Waals surface area contributed by atoms with E-state index >= 15 is 0 Å². The van der Waals surface area contributed by atoms with Crippen LogP contribution in [0.3, 0.4) is 0 Å². The van der Waals surface area contributed by atoms with Gasteiger partial charge in [0.1, 0.15) is 12.4 Å². The van der Waals surface area contributed by atoms with E-state index in [1.165, 1.54) is 0 Å². The molecule has 162 valence electrons. The highest BCUT2D eigenvalue weighted by Gasteiger charge is 2.09. The molecule has 1 heterocycles. The normalized spacial score (nSPS) is 10.5. The molecule has 0 bridgehead atoms. The third-order valence-electron chi connectivity index (χ3n) is 4.47. The van der Waals surface area contributed by atoms with Crippen molar-refractivity contribution in [2.75, 3.05) is 25.6 Å². The number of ether oxygens (including phenoxy) is 2. The number of rotatable bonds is 11. The molecule has 3 rings (SSSR count). The Labute approximate surface area is 181 Å². The van der Waals surface area contributed by atoms with Crippen LogP contribution in [0.25, 0.3) is 0 Å². The van der Waals surface area contributed by atoms with Crippen LogP contribution < -0.4 is 15.4 Å². The van der Waals surface area contributed by atoms with Gasteiger partial charge in [-0.25, -0.2) is 4.98 Å². The maximum atomic E-state index is 12.6. The van der Waals surface area contributed by atoms with E-state index in [-0.39, 0.29) is 11.8 Å². The lowest BCUT2D eigenvalue weighted by molar-refractivity contribution is -0.116. The molecule has 0 unspecified atom stereocenters. The maximum absolute atomic E-state index is 12.6.